The van der Waals surface area contributed by atoms with Crippen LogP contribution in [0.25, 0.3) is 0 Å². The molecule has 2 aliphatic rings. The van der Waals surface area contributed by atoms with Crippen LogP contribution >= 0.6 is 35.3 Å². The standard InChI is InChI=1S/C25H20N6O7S3/c1-10-29-30-22(41-10)19(39)14-9-40-24-17(23(36)31(24)18(14)25(37)38)28-21(35)16(11-2-4-12(32)5-3-11)27-20(34)13-8-26-7-6-15(13)33/h2-8,16-17,24,32H,9H2,1H3,(H,26,33)(H,27,34)(H,28,35)(H,37,38)/t16?,17?,24-/m0/s1. The highest BCUT2D eigenvalue weighted by Crippen LogP contribution is 2.41. The van der Waals surface area contributed by atoms with E-state index >= 15 is 0 Å². The number of rotatable bonds is 8. The van der Waals surface area contributed by atoms with Gasteiger partial charge in [-0.15, -0.1) is 22.0 Å². The number of phenols is 1. The molecule has 5 N–H and O–H groups in total. The zero-order chi connectivity index (χ0) is 29.4. The fourth-order valence-corrected chi connectivity index (χ4v) is 6.76. The number of β-lactam (4-membered cyclic amide) rings is 1. The number of aliphatic carboxylic acids is 1. The molecule has 0 spiro atoms. The SMILES string of the molecule is Cc1nnc(C(=S)C2=C(C(=O)O)N3C(=O)C(NC(=O)C(NC(=O)c4c[nH]ccc4=O)c4ccc(O)cc4)[C@@H]3SC2)s1. The second-order valence-electron chi connectivity index (χ2n) is 8.90. The van der Waals surface area contributed by atoms with Gasteiger partial charge in [0.1, 0.15) is 39.5 Å². The third-order valence-corrected chi connectivity index (χ3v) is 9.00. The van der Waals surface area contributed by atoms with Crippen LogP contribution in [0.4, 0.5) is 0 Å². The smallest absolute Gasteiger partial charge is 0.353 e. The maximum atomic E-state index is 13.5. The lowest BCUT2D eigenvalue weighted by Gasteiger charge is -2.49. The van der Waals surface area contributed by atoms with E-state index in [1.807, 2.05) is 0 Å². The van der Waals surface area contributed by atoms with Gasteiger partial charge in [-0.25, -0.2) is 4.79 Å². The molecule has 5 rings (SSSR count). The van der Waals surface area contributed by atoms with Gasteiger partial charge in [-0.2, -0.15) is 0 Å². The minimum absolute atomic E-state index is 0.0763. The predicted molar refractivity (Wildman–Crippen MR) is 151 cm³/mol. The first-order valence-electron chi connectivity index (χ1n) is 11.9. The maximum Gasteiger partial charge on any atom is 0.353 e. The lowest BCUT2D eigenvalue weighted by molar-refractivity contribution is -0.150. The molecule has 0 saturated carbocycles. The van der Waals surface area contributed by atoms with Gasteiger partial charge in [0.05, 0.1) is 4.86 Å². The molecule has 1 saturated heterocycles. The van der Waals surface area contributed by atoms with Crippen molar-refractivity contribution < 1.29 is 29.4 Å². The third kappa shape index (κ3) is 5.36. The first-order valence-corrected chi connectivity index (χ1v) is 14.2. The molecule has 16 heteroatoms. The van der Waals surface area contributed by atoms with Crippen molar-refractivity contribution in [2.75, 3.05) is 5.75 Å². The summed E-state index contributed by atoms with van der Waals surface area (Å²) in [6.45, 7) is 1.74. The average molecular weight is 613 g/mol. The number of nitrogens with one attached hydrogen (secondary N) is 3. The number of carbonyl (C=O) groups is 4. The van der Waals surface area contributed by atoms with E-state index in [1.54, 1.807) is 6.92 Å². The monoisotopic (exact) mass is 612 g/mol. The number of aromatic hydroxyl groups is 1. The number of thioether (sulfide) groups is 1. The molecule has 0 bridgehead atoms. The summed E-state index contributed by atoms with van der Waals surface area (Å²) >= 11 is 7.90. The number of amides is 3. The predicted octanol–water partition coefficient (Wildman–Crippen LogP) is 0.868. The molecule has 4 heterocycles. The van der Waals surface area contributed by atoms with Crippen LogP contribution in [0.2, 0.25) is 0 Å². The fraction of sp³-hybridized carbons (Fsp3) is 0.200. The Bertz CT molecular complexity index is 1680. The van der Waals surface area contributed by atoms with Gasteiger partial charge >= 0.3 is 5.97 Å². The van der Waals surface area contributed by atoms with Crippen molar-refractivity contribution in [3.8, 4) is 5.75 Å². The van der Waals surface area contributed by atoms with E-state index in [0.29, 0.717) is 10.0 Å². The maximum absolute atomic E-state index is 13.5. The van der Waals surface area contributed by atoms with Crippen LogP contribution in [-0.4, -0.2) is 76.0 Å². The lowest BCUT2D eigenvalue weighted by Crippen LogP contribution is -2.71. The number of carboxylic acid groups (broad SMARTS) is 1. The number of carboxylic acids is 1. The number of aryl methyl sites for hydroxylation is 1. The second kappa shape index (κ2) is 11.2. The summed E-state index contributed by atoms with van der Waals surface area (Å²) in [5.74, 6) is -3.57. The van der Waals surface area contributed by atoms with E-state index in [0.717, 1.165) is 11.0 Å². The Morgan fingerprint density at radius 1 is 1.17 bits per heavy atom. The number of phenolic OH excluding ortho intramolecular Hbond substituents is 1. The van der Waals surface area contributed by atoms with Crippen LogP contribution in [0.15, 0.2) is 58.8 Å². The number of H-pyrrole nitrogens is 1. The van der Waals surface area contributed by atoms with E-state index in [1.165, 1.54) is 59.8 Å². The van der Waals surface area contributed by atoms with Gasteiger partial charge in [0, 0.05) is 29.8 Å². The number of hydrogen-bond donors (Lipinski definition) is 5. The highest BCUT2D eigenvalue weighted by molar-refractivity contribution is 8.00. The zero-order valence-electron chi connectivity index (χ0n) is 21.0. The molecule has 3 atom stereocenters. The quantitative estimate of drug-likeness (QED) is 0.138. The van der Waals surface area contributed by atoms with Gasteiger partial charge in [-0.1, -0.05) is 35.7 Å². The molecule has 3 amide bonds. The fourth-order valence-electron chi connectivity index (χ4n) is 4.32. The third-order valence-electron chi connectivity index (χ3n) is 6.30. The van der Waals surface area contributed by atoms with Crippen molar-refractivity contribution in [1.82, 2.24) is 30.7 Å². The Balaban J connectivity index is 1.39. The molecule has 1 aromatic carbocycles. The number of thiocarbonyl (C=S) groups is 1. The van der Waals surface area contributed by atoms with Crippen LogP contribution in [0.3, 0.4) is 0 Å². The zero-order valence-corrected chi connectivity index (χ0v) is 23.4. The molecule has 2 aliphatic heterocycles. The van der Waals surface area contributed by atoms with Crippen molar-refractivity contribution in [3.63, 3.8) is 0 Å². The minimum Gasteiger partial charge on any atom is -0.508 e. The molecule has 210 valence electrons. The molecule has 0 aliphatic carbocycles. The van der Waals surface area contributed by atoms with Gasteiger partial charge in [-0.05, 0) is 24.6 Å². The summed E-state index contributed by atoms with van der Waals surface area (Å²) in [5.41, 5.74) is -0.561. The van der Waals surface area contributed by atoms with Crippen LogP contribution < -0.4 is 16.1 Å². The Morgan fingerprint density at radius 2 is 1.90 bits per heavy atom. The van der Waals surface area contributed by atoms with Crippen LogP contribution in [-0.2, 0) is 14.4 Å². The first kappa shape index (κ1) is 28.1. The van der Waals surface area contributed by atoms with Crippen molar-refractivity contribution in [2.24, 2.45) is 0 Å². The Kier molecular flexibility index (Phi) is 7.70. The Morgan fingerprint density at radius 3 is 2.54 bits per heavy atom. The average Bonchev–Trinajstić information content (AvgIpc) is 3.40. The molecular weight excluding hydrogens is 593 g/mol. The topological polar surface area (TPSA) is 195 Å². The number of aromatic nitrogens is 3. The summed E-state index contributed by atoms with van der Waals surface area (Å²) in [7, 11) is 0. The highest BCUT2D eigenvalue weighted by atomic mass is 32.2. The molecule has 2 unspecified atom stereocenters. The molecule has 13 nitrogen and oxygen atoms in total. The number of carbonyl (C=O) groups excluding carboxylic acids is 3. The molecule has 0 radical (unpaired) electrons. The van der Waals surface area contributed by atoms with E-state index in [4.69, 9.17) is 12.2 Å². The molecule has 2 aromatic heterocycles. The van der Waals surface area contributed by atoms with Gasteiger partial charge in [0.25, 0.3) is 11.8 Å². The summed E-state index contributed by atoms with van der Waals surface area (Å²) in [6, 6.07) is 4.16. The summed E-state index contributed by atoms with van der Waals surface area (Å²) < 4.78 is 0. The Hall–Kier alpha value is -4.41. The van der Waals surface area contributed by atoms with E-state index < -0.39 is 46.6 Å². The summed E-state index contributed by atoms with van der Waals surface area (Å²) in [6.07, 6.45) is 2.55. The van der Waals surface area contributed by atoms with Crippen molar-refractivity contribution in [1.29, 1.82) is 0 Å². The molecule has 41 heavy (non-hydrogen) atoms. The molecule has 3 aromatic rings. The normalized spacial score (nSPS) is 18.7. The van der Waals surface area contributed by atoms with Gasteiger partial charge < -0.3 is 25.8 Å². The van der Waals surface area contributed by atoms with Gasteiger partial charge in [0.2, 0.25) is 5.91 Å². The molecular formula is C25H20N6O7S3. The van der Waals surface area contributed by atoms with E-state index in [9.17, 15) is 34.2 Å². The number of hydrogen-bond acceptors (Lipinski definition) is 11. The van der Waals surface area contributed by atoms with Crippen LogP contribution in [0.1, 0.15) is 32.0 Å². The number of fused-ring (bicyclic) bond motifs is 1. The van der Waals surface area contributed by atoms with Crippen molar-refractivity contribution >= 4 is 63.9 Å². The largest absolute Gasteiger partial charge is 0.508 e. The number of nitrogens with zero attached hydrogens (tertiary/aromatic N) is 3. The lowest BCUT2D eigenvalue weighted by atomic mass is 10.00. The van der Waals surface area contributed by atoms with Crippen LogP contribution in [0, 0.1) is 6.92 Å². The number of pyridine rings is 1. The summed E-state index contributed by atoms with van der Waals surface area (Å²) in [5, 5.41) is 32.9. The molecule has 1 fully saturated rings. The van der Waals surface area contributed by atoms with Gasteiger partial charge in [-0.3, -0.25) is 24.1 Å². The summed E-state index contributed by atoms with van der Waals surface area (Å²) in [4.78, 5) is 67.8. The first-order chi connectivity index (χ1) is 19.6. The minimum atomic E-state index is -1.35. The van der Waals surface area contributed by atoms with E-state index in [-0.39, 0.29) is 38.8 Å². The van der Waals surface area contributed by atoms with Crippen molar-refractivity contribution in [2.45, 2.75) is 24.4 Å². The number of aromatic amines is 1. The van der Waals surface area contributed by atoms with Crippen molar-refractivity contribution in [3.05, 3.63) is 85.4 Å². The highest BCUT2D eigenvalue weighted by Gasteiger charge is 2.55. The van der Waals surface area contributed by atoms with E-state index in [2.05, 4.69) is 25.8 Å². The second-order valence-corrected chi connectivity index (χ2v) is 11.6. The number of benzene rings is 1. The van der Waals surface area contributed by atoms with Crippen LogP contribution in [0.5, 0.6) is 5.75 Å². The van der Waals surface area contributed by atoms with Gasteiger partial charge in [0.15, 0.2) is 10.4 Å². The Labute approximate surface area is 244 Å².